The summed E-state index contributed by atoms with van der Waals surface area (Å²) in [7, 11) is -4.85. The van der Waals surface area contributed by atoms with Crippen molar-refractivity contribution in [3.05, 3.63) is 27.3 Å². The standard InChI is InChI=1S/C6H4ClNO6S.H3N/c7-4-1-3(15(12,13)14)2-5(6(4)9)8(10)11;/h1-2,9H,(H,12,13,14);1H3. The number of aromatic hydroxyl groups is 1. The number of halogens is 1. The predicted molar refractivity (Wildman–Crippen MR) is 53.7 cm³/mol. The van der Waals surface area contributed by atoms with Crippen molar-refractivity contribution < 1.29 is 23.0 Å². The Hall–Kier alpha value is -1.42. The van der Waals surface area contributed by atoms with Gasteiger partial charge in [-0.1, -0.05) is 11.6 Å². The van der Waals surface area contributed by atoms with Crippen LogP contribution in [0.25, 0.3) is 0 Å². The molecule has 0 saturated heterocycles. The molecule has 1 rings (SSSR count). The van der Waals surface area contributed by atoms with E-state index in [-0.39, 0.29) is 6.15 Å². The summed E-state index contributed by atoms with van der Waals surface area (Å²) < 4.78 is 31.7. The number of phenolic OH excluding ortho intramolecular Hbond substituents is 1. The molecule has 16 heavy (non-hydrogen) atoms. The highest BCUT2D eigenvalue weighted by Gasteiger charge is 2.20. The van der Waals surface area contributed by atoms with E-state index < -0.39 is 36.4 Å². The summed E-state index contributed by atoms with van der Waals surface area (Å²) in [5.41, 5.74) is -0.933. The van der Waals surface area contributed by atoms with Crippen LogP contribution in [0.3, 0.4) is 0 Å². The van der Waals surface area contributed by atoms with Crippen LogP contribution in [0.15, 0.2) is 17.0 Å². The Labute approximate surface area is 94.9 Å². The molecule has 1 aromatic rings. The molecule has 0 aromatic heterocycles. The molecule has 0 radical (unpaired) electrons. The zero-order valence-corrected chi connectivity index (χ0v) is 9.45. The number of nitro benzene ring substituents is 1. The van der Waals surface area contributed by atoms with Crippen LogP contribution < -0.4 is 6.15 Å². The van der Waals surface area contributed by atoms with Crippen LogP contribution in [-0.4, -0.2) is 23.0 Å². The van der Waals surface area contributed by atoms with Gasteiger partial charge in [0.2, 0.25) is 5.75 Å². The van der Waals surface area contributed by atoms with E-state index in [9.17, 15) is 23.1 Å². The molecule has 0 heterocycles. The Bertz CT molecular complexity index is 528. The monoisotopic (exact) mass is 270 g/mol. The molecule has 0 bridgehead atoms. The lowest BCUT2D eigenvalue weighted by Gasteiger charge is -2.07. The third kappa shape index (κ3) is 2.79. The summed E-state index contributed by atoms with van der Waals surface area (Å²) in [6.07, 6.45) is 0. The van der Waals surface area contributed by atoms with Gasteiger partial charge < -0.3 is 15.8 Å². The minimum atomic E-state index is -4.85. The highest BCUT2D eigenvalue weighted by Crippen LogP contribution is 2.35. The van der Waals surface area contributed by atoms with Gasteiger partial charge in [-0.3, -0.25) is 10.1 Å². The fourth-order valence-corrected chi connectivity index (χ4v) is 1.64. The molecule has 0 saturated carbocycles. The van der Waals surface area contributed by atoms with Gasteiger partial charge in [-0.15, -0.1) is 0 Å². The molecule has 90 valence electrons. The van der Waals surface area contributed by atoms with E-state index in [2.05, 4.69) is 0 Å². The molecule has 8 nitrogen and oxygen atoms in total. The third-order valence-corrected chi connectivity index (χ3v) is 2.60. The largest absolute Gasteiger partial charge is 0.744 e. The van der Waals surface area contributed by atoms with Gasteiger partial charge in [0.1, 0.15) is 10.1 Å². The van der Waals surface area contributed by atoms with Crippen molar-refractivity contribution in [3.63, 3.8) is 0 Å². The van der Waals surface area contributed by atoms with Gasteiger partial charge in [-0.05, 0) is 6.07 Å². The molecule has 5 N–H and O–H groups in total. The number of rotatable bonds is 2. The van der Waals surface area contributed by atoms with Crippen LogP contribution in [0.4, 0.5) is 5.69 Å². The number of phenols is 1. The Morgan fingerprint density at radius 3 is 2.25 bits per heavy atom. The first kappa shape index (κ1) is 14.6. The number of hydrogen-bond donors (Lipinski definition) is 2. The molecular weight excluding hydrogens is 264 g/mol. The number of benzene rings is 1. The number of quaternary nitrogens is 1. The quantitative estimate of drug-likeness (QED) is 0.467. The lowest BCUT2D eigenvalue weighted by atomic mass is 10.3. The number of nitro groups is 1. The Morgan fingerprint density at radius 2 is 1.88 bits per heavy atom. The minimum absolute atomic E-state index is 0. The summed E-state index contributed by atoms with van der Waals surface area (Å²) in [5, 5.41) is 18.9. The van der Waals surface area contributed by atoms with Crippen LogP contribution >= 0.6 is 11.6 Å². The fourth-order valence-electron chi connectivity index (χ4n) is 0.844. The molecule has 0 unspecified atom stereocenters. The van der Waals surface area contributed by atoms with Gasteiger partial charge >= 0.3 is 5.69 Å². The Morgan fingerprint density at radius 1 is 1.38 bits per heavy atom. The average molecular weight is 271 g/mol. The summed E-state index contributed by atoms with van der Waals surface area (Å²) in [5.74, 6) is -0.880. The highest BCUT2D eigenvalue weighted by atomic mass is 35.5. The van der Waals surface area contributed by atoms with Crippen molar-refractivity contribution in [2.45, 2.75) is 4.90 Å². The number of nitrogens with zero attached hydrogens (tertiary/aromatic N) is 1. The molecule has 10 heteroatoms. The Kier molecular flexibility index (Phi) is 4.21. The van der Waals surface area contributed by atoms with E-state index in [1.807, 2.05) is 0 Å². The van der Waals surface area contributed by atoms with Gasteiger partial charge in [0.15, 0.2) is 0 Å². The summed E-state index contributed by atoms with van der Waals surface area (Å²) in [4.78, 5) is 8.43. The third-order valence-electron chi connectivity index (χ3n) is 1.50. The van der Waals surface area contributed by atoms with E-state index in [0.717, 1.165) is 0 Å². The smallest absolute Gasteiger partial charge is 0.313 e. The van der Waals surface area contributed by atoms with Gasteiger partial charge in [0, 0.05) is 6.07 Å². The maximum absolute atomic E-state index is 10.6. The maximum Gasteiger partial charge on any atom is 0.313 e. The van der Waals surface area contributed by atoms with Gasteiger partial charge in [-0.2, -0.15) is 0 Å². The topological polar surface area (TPSA) is 157 Å². The summed E-state index contributed by atoms with van der Waals surface area (Å²) in [6.45, 7) is 0. The van der Waals surface area contributed by atoms with Crippen LogP contribution in [0.5, 0.6) is 5.75 Å². The lowest BCUT2D eigenvalue weighted by molar-refractivity contribution is -0.386. The summed E-state index contributed by atoms with van der Waals surface area (Å²) >= 11 is 5.31. The summed E-state index contributed by atoms with van der Waals surface area (Å²) in [6, 6.07) is 1.09. The van der Waals surface area contributed by atoms with E-state index in [0.29, 0.717) is 12.1 Å². The zero-order chi connectivity index (χ0) is 11.8. The lowest BCUT2D eigenvalue weighted by Crippen LogP contribution is -2.00. The molecule has 0 amide bonds. The van der Waals surface area contributed by atoms with E-state index in [4.69, 9.17) is 16.7 Å². The maximum atomic E-state index is 10.6. The van der Waals surface area contributed by atoms with Gasteiger partial charge in [0.25, 0.3) is 0 Å². The molecule has 1 aromatic carbocycles. The average Bonchev–Trinajstić information content (AvgIpc) is 2.06. The Balaban J connectivity index is 0.00000225. The zero-order valence-electron chi connectivity index (χ0n) is 7.88. The second kappa shape index (κ2) is 4.61. The number of hydrogen-bond acceptors (Lipinski definition) is 6. The van der Waals surface area contributed by atoms with Crippen LogP contribution in [-0.2, 0) is 10.1 Å². The first-order chi connectivity index (χ1) is 6.73. The van der Waals surface area contributed by atoms with Crippen molar-refractivity contribution in [1.82, 2.24) is 6.15 Å². The van der Waals surface area contributed by atoms with E-state index in [1.165, 1.54) is 0 Å². The van der Waals surface area contributed by atoms with E-state index in [1.54, 1.807) is 0 Å². The first-order valence-electron chi connectivity index (χ1n) is 3.36. The van der Waals surface area contributed by atoms with Crippen molar-refractivity contribution >= 4 is 27.4 Å². The van der Waals surface area contributed by atoms with E-state index >= 15 is 0 Å². The molecule has 0 aliphatic carbocycles. The molecular formula is C6H7ClN2O6S. The molecule has 0 fully saturated rings. The molecule has 0 atom stereocenters. The van der Waals surface area contributed by atoms with Crippen molar-refractivity contribution in [3.8, 4) is 5.75 Å². The predicted octanol–water partition coefficient (Wildman–Crippen LogP) is 1.23. The van der Waals surface area contributed by atoms with Crippen molar-refractivity contribution in [2.24, 2.45) is 0 Å². The van der Waals surface area contributed by atoms with Gasteiger partial charge in [-0.25, -0.2) is 8.42 Å². The minimum Gasteiger partial charge on any atom is -0.744 e. The van der Waals surface area contributed by atoms with Crippen LogP contribution in [0.1, 0.15) is 0 Å². The van der Waals surface area contributed by atoms with Crippen molar-refractivity contribution in [2.75, 3.05) is 0 Å². The molecule has 0 aliphatic heterocycles. The first-order valence-corrected chi connectivity index (χ1v) is 5.15. The van der Waals surface area contributed by atoms with Gasteiger partial charge in [0.05, 0.1) is 14.8 Å². The normalized spacial score (nSPS) is 10.6. The molecule has 0 aliphatic rings. The van der Waals surface area contributed by atoms with Crippen LogP contribution in [0, 0.1) is 10.1 Å². The molecule has 0 spiro atoms. The highest BCUT2D eigenvalue weighted by molar-refractivity contribution is 7.85. The van der Waals surface area contributed by atoms with Crippen molar-refractivity contribution in [1.29, 1.82) is 0 Å². The fraction of sp³-hybridized carbons (Fsp3) is 0. The SMILES string of the molecule is O=[N+]([O-])c1cc(S(=O)(=O)[O-])cc(Cl)c1O.[NH4+]. The second-order valence-electron chi connectivity index (χ2n) is 2.48. The van der Waals surface area contributed by atoms with Crippen LogP contribution in [0.2, 0.25) is 5.02 Å². The second-order valence-corrected chi connectivity index (χ2v) is 4.27.